The molecule has 1 aliphatic heterocycles. The molecular weight excluding hydrogens is 292 g/mol. The summed E-state index contributed by atoms with van der Waals surface area (Å²) >= 11 is 0. The van der Waals surface area contributed by atoms with Crippen molar-refractivity contribution in [2.75, 3.05) is 13.7 Å². The highest BCUT2D eigenvalue weighted by Crippen LogP contribution is 2.25. The van der Waals surface area contributed by atoms with Gasteiger partial charge in [-0.05, 0) is 19.4 Å². The molecule has 1 aromatic heterocycles. The molecule has 6 heteroatoms. The average molecular weight is 314 g/mol. The Hall–Kier alpha value is -2.21. The lowest BCUT2D eigenvalue weighted by Gasteiger charge is -2.33. The maximum absolute atomic E-state index is 12.6. The molecule has 122 valence electrons. The minimum Gasteiger partial charge on any atom is -0.377 e. The number of carbonyl (C=O) groups is 1. The van der Waals surface area contributed by atoms with Crippen LogP contribution >= 0.6 is 0 Å². The van der Waals surface area contributed by atoms with E-state index >= 15 is 0 Å². The van der Waals surface area contributed by atoms with Crippen molar-refractivity contribution in [1.29, 1.82) is 0 Å². The number of carbonyl (C=O) groups excluding carboxylic acids is 1. The third-order valence-corrected chi connectivity index (χ3v) is 4.33. The molecule has 1 aliphatic rings. The SMILES string of the molecule is COCc1nnc2n1CCN(C(=O)Cc1ccc(C)cc1)C2C. The van der Waals surface area contributed by atoms with Gasteiger partial charge in [-0.2, -0.15) is 0 Å². The first kappa shape index (κ1) is 15.7. The molecule has 0 bridgehead atoms. The van der Waals surface area contributed by atoms with Crippen molar-refractivity contribution in [3.63, 3.8) is 0 Å². The zero-order valence-corrected chi connectivity index (χ0v) is 13.8. The summed E-state index contributed by atoms with van der Waals surface area (Å²) in [4.78, 5) is 14.5. The first-order valence-electron chi connectivity index (χ1n) is 7.86. The van der Waals surface area contributed by atoms with Gasteiger partial charge < -0.3 is 14.2 Å². The third-order valence-electron chi connectivity index (χ3n) is 4.33. The van der Waals surface area contributed by atoms with E-state index in [1.54, 1.807) is 7.11 Å². The number of rotatable bonds is 4. The fourth-order valence-corrected chi connectivity index (χ4v) is 3.00. The smallest absolute Gasteiger partial charge is 0.227 e. The number of amides is 1. The van der Waals surface area contributed by atoms with Crippen molar-refractivity contribution in [2.45, 2.75) is 39.5 Å². The zero-order valence-electron chi connectivity index (χ0n) is 13.8. The van der Waals surface area contributed by atoms with Crippen LogP contribution in [0.15, 0.2) is 24.3 Å². The lowest BCUT2D eigenvalue weighted by molar-refractivity contribution is -0.133. The molecule has 0 fully saturated rings. The maximum Gasteiger partial charge on any atom is 0.227 e. The van der Waals surface area contributed by atoms with Gasteiger partial charge >= 0.3 is 0 Å². The summed E-state index contributed by atoms with van der Waals surface area (Å²) in [7, 11) is 1.64. The molecule has 6 nitrogen and oxygen atoms in total. The van der Waals surface area contributed by atoms with Crippen LogP contribution in [0, 0.1) is 6.92 Å². The van der Waals surface area contributed by atoms with Crippen LogP contribution in [-0.4, -0.2) is 39.2 Å². The number of hydrogen-bond acceptors (Lipinski definition) is 4. The van der Waals surface area contributed by atoms with Crippen LogP contribution in [0.1, 0.15) is 35.7 Å². The zero-order chi connectivity index (χ0) is 16.4. The molecular formula is C17H22N4O2. The van der Waals surface area contributed by atoms with Crippen molar-refractivity contribution >= 4 is 5.91 Å². The Balaban J connectivity index is 1.73. The van der Waals surface area contributed by atoms with Crippen LogP contribution in [0.5, 0.6) is 0 Å². The van der Waals surface area contributed by atoms with E-state index in [-0.39, 0.29) is 11.9 Å². The summed E-state index contributed by atoms with van der Waals surface area (Å²) in [6.45, 7) is 5.88. The van der Waals surface area contributed by atoms with Gasteiger partial charge in [0, 0.05) is 20.2 Å². The number of nitrogens with zero attached hydrogens (tertiary/aromatic N) is 4. The van der Waals surface area contributed by atoms with E-state index in [2.05, 4.69) is 14.8 Å². The van der Waals surface area contributed by atoms with E-state index in [0.29, 0.717) is 26.1 Å². The van der Waals surface area contributed by atoms with Crippen molar-refractivity contribution in [1.82, 2.24) is 19.7 Å². The summed E-state index contributed by atoms with van der Waals surface area (Å²) in [6.07, 6.45) is 0.420. The van der Waals surface area contributed by atoms with Gasteiger partial charge in [-0.15, -0.1) is 10.2 Å². The summed E-state index contributed by atoms with van der Waals surface area (Å²) in [5, 5.41) is 8.42. The molecule has 1 unspecified atom stereocenters. The Morgan fingerprint density at radius 3 is 2.70 bits per heavy atom. The largest absolute Gasteiger partial charge is 0.377 e. The van der Waals surface area contributed by atoms with E-state index < -0.39 is 0 Å². The van der Waals surface area contributed by atoms with Gasteiger partial charge in [0.2, 0.25) is 5.91 Å². The van der Waals surface area contributed by atoms with Gasteiger partial charge in [0.1, 0.15) is 6.61 Å². The Labute approximate surface area is 136 Å². The molecule has 0 saturated heterocycles. The predicted molar refractivity (Wildman–Crippen MR) is 85.7 cm³/mol. The molecule has 2 heterocycles. The fourth-order valence-electron chi connectivity index (χ4n) is 3.00. The van der Waals surface area contributed by atoms with E-state index in [1.807, 2.05) is 43.0 Å². The summed E-state index contributed by atoms with van der Waals surface area (Å²) < 4.78 is 7.21. The van der Waals surface area contributed by atoms with Crippen LogP contribution < -0.4 is 0 Å². The number of fused-ring (bicyclic) bond motifs is 1. The summed E-state index contributed by atoms with van der Waals surface area (Å²) in [6, 6.07) is 8.04. The quantitative estimate of drug-likeness (QED) is 0.864. The molecule has 0 radical (unpaired) electrons. The van der Waals surface area contributed by atoms with Crippen molar-refractivity contribution in [3.05, 3.63) is 47.0 Å². The van der Waals surface area contributed by atoms with Gasteiger partial charge in [-0.1, -0.05) is 29.8 Å². The average Bonchev–Trinajstić information content (AvgIpc) is 2.94. The molecule has 0 spiro atoms. The molecule has 1 aromatic carbocycles. The van der Waals surface area contributed by atoms with Crippen LogP contribution in [0.25, 0.3) is 0 Å². The maximum atomic E-state index is 12.6. The molecule has 0 aliphatic carbocycles. The minimum atomic E-state index is -0.0696. The fraction of sp³-hybridized carbons (Fsp3) is 0.471. The molecule has 0 N–H and O–H groups in total. The number of aryl methyl sites for hydroxylation is 1. The lowest BCUT2D eigenvalue weighted by atomic mass is 10.1. The molecule has 23 heavy (non-hydrogen) atoms. The van der Waals surface area contributed by atoms with Gasteiger partial charge in [0.15, 0.2) is 11.6 Å². The van der Waals surface area contributed by atoms with Gasteiger partial charge in [-0.3, -0.25) is 4.79 Å². The highest BCUT2D eigenvalue weighted by Gasteiger charge is 2.30. The highest BCUT2D eigenvalue weighted by molar-refractivity contribution is 5.79. The number of hydrogen-bond donors (Lipinski definition) is 0. The molecule has 0 saturated carbocycles. The van der Waals surface area contributed by atoms with Crippen LogP contribution in [-0.2, 0) is 29.1 Å². The van der Waals surface area contributed by atoms with E-state index in [9.17, 15) is 4.79 Å². The second-order valence-electron chi connectivity index (χ2n) is 5.98. The van der Waals surface area contributed by atoms with Crippen molar-refractivity contribution < 1.29 is 9.53 Å². The molecule has 2 aromatic rings. The summed E-state index contributed by atoms with van der Waals surface area (Å²) in [5.41, 5.74) is 2.24. The van der Waals surface area contributed by atoms with Crippen LogP contribution in [0.4, 0.5) is 0 Å². The number of benzene rings is 1. The Kier molecular flexibility index (Phi) is 4.43. The second kappa shape index (κ2) is 6.50. The van der Waals surface area contributed by atoms with E-state index in [1.165, 1.54) is 5.56 Å². The predicted octanol–water partition coefficient (Wildman–Crippen LogP) is 1.88. The second-order valence-corrected chi connectivity index (χ2v) is 5.98. The minimum absolute atomic E-state index is 0.0696. The summed E-state index contributed by atoms with van der Waals surface area (Å²) in [5.74, 6) is 1.78. The molecule has 3 rings (SSSR count). The van der Waals surface area contributed by atoms with Crippen LogP contribution in [0.3, 0.4) is 0 Å². The molecule has 1 atom stereocenters. The number of methoxy groups -OCH3 is 1. The number of aromatic nitrogens is 3. The van der Waals surface area contributed by atoms with E-state index in [0.717, 1.165) is 17.2 Å². The normalized spacial score (nSPS) is 17.2. The first-order valence-corrected chi connectivity index (χ1v) is 7.86. The Morgan fingerprint density at radius 2 is 2.00 bits per heavy atom. The van der Waals surface area contributed by atoms with Crippen molar-refractivity contribution in [2.24, 2.45) is 0 Å². The lowest BCUT2D eigenvalue weighted by Crippen LogP contribution is -2.42. The van der Waals surface area contributed by atoms with E-state index in [4.69, 9.17) is 4.74 Å². The van der Waals surface area contributed by atoms with Crippen LogP contribution in [0.2, 0.25) is 0 Å². The van der Waals surface area contributed by atoms with Gasteiger partial charge in [0.25, 0.3) is 0 Å². The van der Waals surface area contributed by atoms with Gasteiger partial charge in [0.05, 0.1) is 12.5 Å². The number of ether oxygens (including phenoxy) is 1. The molecule has 1 amide bonds. The van der Waals surface area contributed by atoms with Crippen molar-refractivity contribution in [3.8, 4) is 0 Å². The Morgan fingerprint density at radius 1 is 1.26 bits per heavy atom. The standard InChI is InChI=1S/C17H22N4O2/c1-12-4-6-14(7-5-12)10-16(22)20-8-9-21-15(11-23-3)18-19-17(21)13(20)2/h4-7,13H,8-11H2,1-3H3. The third kappa shape index (κ3) is 3.12. The first-order chi connectivity index (χ1) is 11.1. The highest BCUT2D eigenvalue weighted by atomic mass is 16.5. The van der Waals surface area contributed by atoms with Gasteiger partial charge in [-0.25, -0.2) is 0 Å². The Bertz CT molecular complexity index is 693. The monoisotopic (exact) mass is 314 g/mol. The topological polar surface area (TPSA) is 60.3 Å².